The summed E-state index contributed by atoms with van der Waals surface area (Å²) in [5.41, 5.74) is 0.957. The second-order valence-corrected chi connectivity index (χ2v) is 5.47. The Kier molecular flexibility index (Phi) is 6.28. The minimum atomic E-state index is -0.0291. The van der Waals surface area contributed by atoms with Crippen molar-refractivity contribution >= 4 is 5.96 Å². The van der Waals surface area contributed by atoms with E-state index in [1.54, 1.807) is 6.20 Å². The molecule has 2 N–H and O–H groups in total. The summed E-state index contributed by atoms with van der Waals surface area (Å²) in [7, 11) is 0. The molecule has 20 heavy (non-hydrogen) atoms. The van der Waals surface area contributed by atoms with Gasteiger partial charge in [-0.15, -0.1) is 0 Å². The van der Waals surface area contributed by atoms with Crippen molar-refractivity contribution in [2.24, 2.45) is 4.99 Å². The summed E-state index contributed by atoms with van der Waals surface area (Å²) in [5.74, 6) is 1.46. The monoisotopic (exact) mass is 278 g/mol. The molecule has 112 valence electrons. The number of nitrogens with zero attached hydrogens (tertiary/aromatic N) is 2. The third-order valence-electron chi connectivity index (χ3n) is 2.38. The first-order chi connectivity index (χ1) is 9.46. The standard InChI is InChI=1S/C15H26N4O/c1-6-16-14(19-15(3,4)5)18-11-12-9-8-10-17-13(12)20-7-2/h8-10H,6-7,11H2,1-5H3,(H2,16,18,19). The summed E-state index contributed by atoms with van der Waals surface area (Å²) >= 11 is 0. The molecule has 0 fully saturated rings. The Labute approximate surface area is 121 Å². The summed E-state index contributed by atoms with van der Waals surface area (Å²) < 4.78 is 5.51. The molecule has 1 aromatic rings. The van der Waals surface area contributed by atoms with E-state index in [0.717, 1.165) is 18.1 Å². The summed E-state index contributed by atoms with van der Waals surface area (Å²) in [4.78, 5) is 8.82. The average molecular weight is 278 g/mol. The maximum Gasteiger partial charge on any atom is 0.218 e. The van der Waals surface area contributed by atoms with Gasteiger partial charge in [0.1, 0.15) is 0 Å². The van der Waals surface area contributed by atoms with E-state index in [1.165, 1.54) is 0 Å². The fourth-order valence-electron chi connectivity index (χ4n) is 1.64. The van der Waals surface area contributed by atoms with Crippen molar-refractivity contribution in [3.8, 4) is 5.88 Å². The number of guanidine groups is 1. The van der Waals surface area contributed by atoms with Gasteiger partial charge in [0.05, 0.1) is 13.2 Å². The Morgan fingerprint density at radius 1 is 1.35 bits per heavy atom. The molecule has 1 heterocycles. The van der Waals surface area contributed by atoms with Crippen LogP contribution in [0.3, 0.4) is 0 Å². The third kappa shape index (κ3) is 5.91. The van der Waals surface area contributed by atoms with Crippen LogP contribution in [0.5, 0.6) is 5.88 Å². The van der Waals surface area contributed by atoms with E-state index >= 15 is 0 Å². The highest BCUT2D eigenvalue weighted by Gasteiger charge is 2.12. The molecule has 0 saturated heterocycles. The molecule has 0 amide bonds. The molecule has 0 aromatic carbocycles. The lowest BCUT2D eigenvalue weighted by atomic mass is 10.1. The molecule has 0 radical (unpaired) electrons. The minimum absolute atomic E-state index is 0.0291. The van der Waals surface area contributed by atoms with Gasteiger partial charge in [0.15, 0.2) is 5.96 Å². The van der Waals surface area contributed by atoms with E-state index in [-0.39, 0.29) is 5.54 Å². The molecule has 0 atom stereocenters. The van der Waals surface area contributed by atoms with Crippen molar-refractivity contribution in [1.82, 2.24) is 15.6 Å². The van der Waals surface area contributed by atoms with Gasteiger partial charge in [-0.1, -0.05) is 6.07 Å². The van der Waals surface area contributed by atoms with Gasteiger partial charge in [-0.25, -0.2) is 9.98 Å². The molecule has 1 aromatic heterocycles. The minimum Gasteiger partial charge on any atom is -0.478 e. The fraction of sp³-hybridized carbons (Fsp3) is 0.600. The Balaban J connectivity index is 2.81. The number of aromatic nitrogens is 1. The van der Waals surface area contributed by atoms with Crippen LogP contribution in [-0.2, 0) is 6.54 Å². The number of rotatable bonds is 5. The summed E-state index contributed by atoms with van der Waals surface area (Å²) in [6.45, 7) is 12.3. The first-order valence-electron chi connectivity index (χ1n) is 7.09. The van der Waals surface area contributed by atoms with E-state index in [9.17, 15) is 0 Å². The molecule has 0 unspecified atom stereocenters. The number of hydrogen-bond donors (Lipinski definition) is 2. The Bertz CT molecular complexity index is 438. The van der Waals surface area contributed by atoms with Crippen molar-refractivity contribution in [3.05, 3.63) is 23.9 Å². The van der Waals surface area contributed by atoms with Gasteiger partial charge < -0.3 is 15.4 Å². The second kappa shape index (κ2) is 7.72. The van der Waals surface area contributed by atoms with Crippen LogP contribution in [0.4, 0.5) is 0 Å². The smallest absolute Gasteiger partial charge is 0.218 e. The van der Waals surface area contributed by atoms with Crippen LogP contribution in [0.2, 0.25) is 0 Å². The normalized spacial score (nSPS) is 12.2. The highest BCUT2D eigenvalue weighted by atomic mass is 16.5. The largest absolute Gasteiger partial charge is 0.478 e. The number of pyridine rings is 1. The van der Waals surface area contributed by atoms with Crippen molar-refractivity contribution in [1.29, 1.82) is 0 Å². The lowest BCUT2D eigenvalue weighted by molar-refractivity contribution is 0.323. The number of hydrogen-bond acceptors (Lipinski definition) is 3. The quantitative estimate of drug-likeness (QED) is 0.641. The van der Waals surface area contributed by atoms with Crippen LogP contribution < -0.4 is 15.4 Å². The van der Waals surface area contributed by atoms with Crippen LogP contribution in [0.25, 0.3) is 0 Å². The summed E-state index contributed by atoms with van der Waals surface area (Å²) in [6, 6.07) is 3.89. The maximum atomic E-state index is 5.51. The highest BCUT2D eigenvalue weighted by molar-refractivity contribution is 5.80. The second-order valence-electron chi connectivity index (χ2n) is 5.47. The predicted octanol–water partition coefficient (Wildman–Crippen LogP) is 2.33. The Hall–Kier alpha value is -1.78. The Morgan fingerprint density at radius 3 is 2.70 bits per heavy atom. The van der Waals surface area contributed by atoms with E-state index in [4.69, 9.17) is 4.74 Å². The summed E-state index contributed by atoms with van der Waals surface area (Å²) in [6.07, 6.45) is 1.73. The maximum absolute atomic E-state index is 5.51. The van der Waals surface area contributed by atoms with Crippen molar-refractivity contribution in [3.63, 3.8) is 0 Å². The third-order valence-corrected chi connectivity index (χ3v) is 2.38. The highest BCUT2D eigenvalue weighted by Crippen LogP contribution is 2.15. The first-order valence-corrected chi connectivity index (χ1v) is 7.09. The molecular formula is C15H26N4O. The van der Waals surface area contributed by atoms with Crippen molar-refractivity contribution in [2.75, 3.05) is 13.2 Å². The zero-order chi connectivity index (χ0) is 15.0. The summed E-state index contributed by atoms with van der Waals surface area (Å²) in [5, 5.41) is 6.60. The topological polar surface area (TPSA) is 58.5 Å². The van der Waals surface area contributed by atoms with Gasteiger partial charge >= 0.3 is 0 Å². The van der Waals surface area contributed by atoms with Crippen molar-refractivity contribution < 1.29 is 4.74 Å². The zero-order valence-corrected chi connectivity index (χ0v) is 13.2. The molecule has 0 saturated carbocycles. The van der Waals surface area contributed by atoms with Gasteiger partial charge in [-0.3, -0.25) is 0 Å². The number of aliphatic imine (C=N–C) groups is 1. The molecule has 1 rings (SSSR count). The van der Waals surface area contributed by atoms with E-state index in [1.807, 2.05) is 19.1 Å². The SMILES string of the molecule is CCNC(=NCc1cccnc1OCC)NC(C)(C)C. The van der Waals surface area contributed by atoms with Gasteiger partial charge in [0.25, 0.3) is 0 Å². The van der Waals surface area contributed by atoms with Crippen LogP contribution >= 0.6 is 0 Å². The lowest BCUT2D eigenvalue weighted by Crippen LogP contribution is -2.47. The van der Waals surface area contributed by atoms with E-state index < -0.39 is 0 Å². The molecule has 0 spiro atoms. The van der Waals surface area contributed by atoms with Crippen LogP contribution in [0, 0.1) is 0 Å². The van der Waals surface area contributed by atoms with Gasteiger partial charge in [-0.05, 0) is 40.7 Å². The van der Waals surface area contributed by atoms with Crippen molar-refractivity contribution in [2.45, 2.75) is 46.7 Å². The molecule has 5 nitrogen and oxygen atoms in total. The molecular weight excluding hydrogens is 252 g/mol. The lowest BCUT2D eigenvalue weighted by Gasteiger charge is -2.23. The first kappa shape index (κ1) is 16.3. The number of ether oxygens (including phenoxy) is 1. The van der Waals surface area contributed by atoms with Gasteiger partial charge in [0.2, 0.25) is 5.88 Å². The van der Waals surface area contributed by atoms with Crippen LogP contribution in [0.15, 0.2) is 23.3 Å². The van der Waals surface area contributed by atoms with Gasteiger partial charge in [0, 0.05) is 23.8 Å². The van der Waals surface area contributed by atoms with Crippen LogP contribution in [0.1, 0.15) is 40.2 Å². The molecule has 0 aliphatic carbocycles. The molecule has 0 aliphatic heterocycles. The fourth-order valence-corrected chi connectivity index (χ4v) is 1.64. The van der Waals surface area contributed by atoms with Gasteiger partial charge in [-0.2, -0.15) is 0 Å². The number of nitrogens with one attached hydrogen (secondary N) is 2. The Morgan fingerprint density at radius 2 is 2.10 bits per heavy atom. The van der Waals surface area contributed by atoms with Crippen LogP contribution in [-0.4, -0.2) is 29.6 Å². The van der Waals surface area contributed by atoms with E-state index in [0.29, 0.717) is 19.0 Å². The molecule has 5 heteroatoms. The van der Waals surface area contributed by atoms with E-state index in [2.05, 4.69) is 48.3 Å². The zero-order valence-electron chi connectivity index (χ0n) is 13.2. The predicted molar refractivity (Wildman–Crippen MR) is 83.1 cm³/mol. The molecule has 0 aliphatic rings. The molecule has 0 bridgehead atoms. The average Bonchev–Trinajstić information content (AvgIpc) is 2.36.